The standard InChI is InChI=1S/C18H10Cl4/c19-15-10-14(16(20)18(22)17(15)21)13-8-4-7-12(9-13)11-5-2-1-3-6-11/h1-10H. The third-order valence-electron chi connectivity index (χ3n) is 3.38. The molecule has 0 saturated heterocycles. The van der Waals surface area contributed by atoms with Gasteiger partial charge in [-0.2, -0.15) is 0 Å². The predicted molar refractivity (Wildman–Crippen MR) is 97.4 cm³/mol. The van der Waals surface area contributed by atoms with Crippen molar-refractivity contribution < 1.29 is 0 Å². The van der Waals surface area contributed by atoms with Crippen LogP contribution in [0.25, 0.3) is 22.3 Å². The van der Waals surface area contributed by atoms with Gasteiger partial charge in [-0.15, -0.1) is 0 Å². The van der Waals surface area contributed by atoms with Crippen LogP contribution in [0.4, 0.5) is 0 Å². The first kappa shape index (κ1) is 15.7. The van der Waals surface area contributed by atoms with E-state index in [1.165, 1.54) is 0 Å². The second kappa shape index (κ2) is 6.52. The van der Waals surface area contributed by atoms with Crippen LogP contribution in [-0.2, 0) is 0 Å². The highest BCUT2D eigenvalue weighted by molar-refractivity contribution is 6.52. The van der Waals surface area contributed by atoms with Crippen molar-refractivity contribution in [3.63, 3.8) is 0 Å². The van der Waals surface area contributed by atoms with Gasteiger partial charge in [0.1, 0.15) is 0 Å². The molecule has 0 aliphatic carbocycles. The number of halogens is 4. The molecule has 0 heterocycles. The molecule has 0 atom stereocenters. The summed E-state index contributed by atoms with van der Waals surface area (Å²) < 4.78 is 0. The summed E-state index contributed by atoms with van der Waals surface area (Å²) in [6.07, 6.45) is 0. The second-order valence-corrected chi connectivity index (χ2v) is 6.34. The number of benzene rings is 3. The summed E-state index contributed by atoms with van der Waals surface area (Å²) in [4.78, 5) is 0. The average Bonchev–Trinajstić information content (AvgIpc) is 2.57. The third kappa shape index (κ3) is 2.98. The van der Waals surface area contributed by atoms with E-state index >= 15 is 0 Å². The monoisotopic (exact) mass is 366 g/mol. The van der Waals surface area contributed by atoms with Gasteiger partial charge in [0.15, 0.2) is 0 Å². The predicted octanol–water partition coefficient (Wildman–Crippen LogP) is 7.63. The molecule has 0 aliphatic rings. The topological polar surface area (TPSA) is 0 Å². The Morgan fingerprint density at radius 2 is 1.14 bits per heavy atom. The van der Waals surface area contributed by atoms with Crippen LogP contribution in [0.2, 0.25) is 20.1 Å². The van der Waals surface area contributed by atoms with Crippen LogP contribution in [0, 0.1) is 0 Å². The minimum absolute atomic E-state index is 0.274. The molecule has 0 unspecified atom stereocenters. The minimum Gasteiger partial charge on any atom is -0.0826 e. The van der Waals surface area contributed by atoms with Crippen LogP contribution in [0.3, 0.4) is 0 Å². The molecule has 0 nitrogen and oxygen atoms in total. The molecule has 4 heteroatoms. The van der Waals surface area contributed by atoms with Crippen molar-refractivity contribution in [2.24, 2.45) is 0 Å². The van der Waals surface area contributed by atoms with Gasteiger partial charge in [0, 0.05) is 5.56 Å². The molecule has 3 aromatic carbocycles. The van der Waals surface area contributed by atoms with Crippen molar-refractivity contribution in [3.05, 3.63) is 80.8 Å². The highest BCUT2D eigenvalue weighted by Gasteiger charge is 2.14. The zero-order valence-electron chi connectivity index (χ0n) is 11.3. The van der Waals surface area contributed by atoms with Crippen LogP contribution in [-0.4, -0.2) is 0 Å². The van der Waals surface area contributed by atoms with Crippen molar-refractivity contribution in [1.82, 2.24) is 0 Å². The number of hydrogen-bond acceptors (Lipinski definition) is 0. The first-order valence-electron chi connectivity index (χ1n) is 6.57. The maximum absolute atomic E-state index is 6.33. The fourth-order valence-electron chi connectivity index (χ4n) is 2.28. The van der Waals surface area contributed by atoms with Gasteiger partial charge >= 0.3 is 0 Å². The van der Waals surface area contributed by atoms with Gasteiger partial charge < -0.3 is 0 Å². The van der Waals surface area contributed by atoms with Gasteiger partial charge in [0.05, 0.1) is 20.1 Å². The van der Waals surface area contributed by atoms with Crippen molar-refractivity contribution >= 4 is 46.4 Å². The van der Waals surface area contributed by atoms with Crippen molar-refractivity contribution in [1.29, 1.82) is 0 Å². The average molecular weight is 368 g/mol. The zero-order chi connectivity index (χ0) is 15.7. The quantitative estimate of drug-likeness (QED) is 0.322. The molecule has 0 saturated carbocycles. The highest BCUT2D eigenvalue weighted by Crippen LogP contribution is 2.42. The molecule has 3 aromatic rings. The fourth-order valence-corrected chi connectivity index (χ4v) is 3.19. The first-order valence-corrected chi connectivity index (χ1v) is 8.08. The smallest absolute Gasteiger partial charge is 0.0800 e. The van der Waals surface area contributed by atoms with Crippen LogP contribution < -0.4 is 0 Å². The molecular weight excluding hydrogens is 358 g/mol. The Bertz CT molecular complexity index is 826. The zero-order valence-corrected chi connectivity index (χ0v) is 14.3. The third-order valence-corrected chi connectivity index (χ3v) is 5.13. The molecule has 110 valence electrons. The summed E-state index contributed by atoms with van der Waals surface area (Å²) in [5.41, 5.74) is 3.92. The molecule has 0 radical (unpaired) electrons. The summed E-state index contributed by atoms with van der Waals surface area (Å²) in [7, 11) is 0. The van der Waals surface area contributed by atoms with Gasteiger partial charge in [-0.25, -0.2) is 0 Å². The van der Waals surface area contributed by atoms with Crippen LogP contribution in [0.15, 0.2) is 60.7 Å². The minimum atomic E-state index is 0.274. The second-order valence-electron chi connectivity index (χ2n) is 4.79. The maximum atomic E-state index is 6.33. The van der Waals surface area contributed by atoms with E-state index in [0.29, 0.717) is 10.0 Å². The molecule has 0 aromatic heterocycles. The lowest BCUT2D eigenvalue weighted by Crippen LogP contribution is -1.85. The van der Waals surface area contributed by atoms with E-state index in [0.717, 1.165) is 22.3 Å². The summed E-state index contributed by atoms with van der Waals surface area (Å²) in [5, 5.41) is 1.34. The van der Waals surface area contributed by atoms with Crippen LogP contribution in [0.1, 0.15) is 0 Å². The van der Waals surface area contributed by atoms with Gasteiger partial charge in [-0.1, -0.05) is 94.9 Å². The molecule has 3 rings (SSSR count). The highest BCUT2D eigenvalue weighted by atomic mass is 35.5. The van der Waals surface area contributed by atoms with E-state index in [9.17, 15) is 0 Å². The van der Waals surface area contributed by atoms with E-state index < -0.39 is 0 Å². The molecule has 0 amide bonds. The Morgan fingerprint density at radius 3 is 1.86 bits per heavy atom. The summed E-state index contributed by atoms with van der Waals surface area (Å²) >= 11 is 24.6. The molecule has 0 bridgehead atoms. The number of hydrogen-bond donors (Lipinski definition) is 0. The lowest BCUT2D eigenvalue weighted by molar-refractivity contribution is 1.58. The Hall–Kier alpha value is -1.18. The maximum Gasteiger partial charge on any atom is 0.0800 e. The molecule has 0 fully saturated rings. The normalized spacial score (nSPS) is 10.7. The van der Waals surface area contributed by atoms with Crippen molar-refractivity contribution in [3.8, 4) is 22.3 Å². The van der Waals surface area contributed by atoms with Crippen LogP contribution >= 0.6 is 46.4 Å². The van der Waals surface area contributed by atoms with E-state index in [2.05, 4.69) is 18.2 Å². The van der Waals surface area contributed by atoms with E-state index in [1.807, 2.05) is 36.4 Å². The van der Waals surface area contributed by atoms with Gasteiger partial charge in [0.25, 0.3) is 0 Å². The summed E-state index contributed by atoms with van der Waals surface area (Å²) in [6.45, 7) is 0. The van der Waals surface area contributed by atoms with Crippen molar-refractivity contribution in [2.75, 3.05) is 0 Å². The SMILES string of the molecule is Clc1cc(-c2cccc(-c3ccccc3)c2)c(Cl)c(Cl)c1Cl. The Labute approximate surface area is 149 Å². The van der Waals surface area contributed by atoms with E-state index in [-0.39, 0.29) is 10.0 Å². The Balaban J connectivity index is 2.15. The largest absolute Gasteiger partial charge is 0.0826 e. The number of rotatable bonds is 2. The lowest BCUT2D eigenvalue weighted by Gasteiger charge is -2.11. The van der Waals surface area contributed by atoms with E-state index in [4.69, 9.17) is 46.4 Å². The first-order chi connectivity index (χ1) is 10.6. The molecule has 0 spiro atoms. The van der Waals surface area contributed by atoms with Gasteiger partial charge in [0.2, 0.25) is 0 Å². The summed E-state index contributed by atoms with van der Waals surface area (Å²) in [5.74, 6) is 0. The van der Waals surface area contributed by atoms with Crippen LogP contribution in [0.5, 0.6) is 0 Å². The van der Waals surface area contributed by atoms with E-state index in [1.54, 1.807) is 6.07 Å². The lowest BCUT2D eigenvalue weighted by atomic mass is 9.99. The Kier molecular flexibility index (Phi) is 4.65. The van der Waals surface area contributed by atoms with Crippen molar-refractivity contribution in [2.45, 2.75) is 0 Å². The van der Waals surface area contributed by atoms with Gasteiger partial charge in [-0.05, 0) is 28.8 Å². The van der Waals surface area contributed by atoms with Gasteiger partial charge in [-0.3, -0.25) is 0 Å². The molecular formula is C18H10Cl4. The molecule has 0 aliphatic heterocycles. The Morgan fingerprint density at radius 1 is 0.500 bits per heavy atom. The fraction of sp³-hybridized carbons (Fsp3) is 0. The summed E-state index contributed by atoms with van der Waals surface area (Å²) in [6, 6.07) is 19.9. The molecule has 0 N–H and O–H groups in total. The molecule has 22 heavy (non-hydrogen) atoms.